The zero-order valence-electron chi connectivity index (χ0n) is 17.3. The third-order valence-electron chi connectivity index (χ3n) is 4.87. The SMILES string of the molecule is Cc1cc(COc2ccc(C(=O)NCCc3n[nH]c(=O)s3)c(C)c2)c2ccccc2n1. The van der Waals surface area contributed by atoms with Gasteiger partial charge < -0.3 is 10.1 Å². The number of carbonyl (C=O) groups excluding carboxylic acids is 1. The molecule has 0 saturated heterocycles. The number of aryl methyl sites for hydroxylation is 2. The summed E-state index contributed by atoms with van der Waals surface area (Å²) in [7, 11) is 0. The molecule has 2 N–H and O–H groups in total. The third kappa shape index (κ3) is 4.97. The molecule has 1 amide bonds. The molecule has 4 rings (SSSR count). The van der Waals surface area contributed by atoms with Gasteiger partial charge in [0.15, 0.2) is 0 Å². The number of ether oxygens (including phenoxy) is 1. The predicted molar refractivity (Wildman–Crippen MR) is 121 cm³/mol. The Balaban J connectivity index is 1.39. The number of pyridine rings is 1. The Bertz CT molecular complexity index is 1300. The summed E-state index contributed by atoms with van der Waals surface area (Å²) in [4.78, 5) is 28.0. The number of fused-ring (bicyclic) bond motifs is 1. The summed E-state index contributed by atoms with van der Waals surface area (Å²) in [5.74, 6) is 0.538. The maximum absolute atomic E-state index is 12.5. The van der Waals surface area contributed by atoms with Gasteiger partial charge in [-0.1, -0.05) is 29.5 Å². The van der Waals surface area contributed by atoms with Crippen molar-refractivity contribution in [3.63, 3.8) is 0 Å². The molecule has 0 aliphatic carbocycles. The van der Waals surface area contributed by atoms with Gasteiger partial charge >= 0.3 is 4.87 Å². The van der Waals surface area contributed by atoms with Gasteiger partial charge in [-0.15, -0.1) is 0 Å². The fourth-order valence-corrected chi connectivity index (χ4v) is 4.00. The number of rotatable bonds is 7. The Morgan fingerprint density at radius 1 is 1.16 bits per heavy atom. The van der Waals surface area contributed by atoms with Crippen LogP contribution in [0.15, 0.2) is 53.3 Å². The highest BCUT2D eigenvalue weighted by molar-refractivity contribution is 7.08. The van der Waals surface area contributed by atoms with Crippen molar-refractivity contribution < 1.29 is 9.53 Å². The van der Waals surface area contributed by atoms with Crippen LogP contribution in [0.25, 0.3) is 10.9 Å². The molecule has 0 atom stereocenters. The first-order valence-electron chi connectivity index (χ1n) is 9.91. The van der Waals surface area contributed by atoms with E-state index < -0.39 is 0 Å². The molecular weight excluding hydrogens is 412 g/mol. The Labute approximate surface area is 183 Å². The van der Waals surface area contributed by atoms with Crippen LogP contribution in [0.3, 0.4) is 0 Å². The second kappa shape index (κ2) is 9.09. The normalized spacial score (nSPS) is 10.9. The zero-order chi connectivity index (χ0) is 21.8. The van der Waals surface area contributed by atoms with Crippen LogP contribution in [0.1, 0.15) is 32.2 Å². The van der Waals surface area contributed by atoms with Crippen LogP contribution in [0.4, 0.5) is 0 Å². The van der Waals surface area contributed by atoms with Gasteiger partial charge in [0.2, 0.25) is 0 Å². The van der Waals surface area contributed by atoms with E-state index in [1.807, 2.05) is 50.2 Å². The number of amides is 1. The lowest BCUT2D eigenvalue weighted by Crippen LogP contribution is -2.26. The molecule has 2 heterocycles. The number of hydrogen-bond acceptors (Lipinski definition) is 6. The minimum absolute atomic E-state index is 0.164. The number of carbonyl (C=O) groups is 1. The fourth-order valence-electron chi connectivity index (χ4n) is 3.40. The van der Waals surface area contributed by atoms with Gasteiger partial charge in [0.1, 0.15) is 17.4 Å². The molecule has 7 nitrogen and oxygen atoms in total. The highest BCUT2D eigenvalue weighted by Gasteiger charge is 2.11. The maximum atomic E-state index is 12.5. The van der Waals surface area contributed by atoms with Gasteiger partial charge in [-0.05, 0) is 49.7 Å². The second-order valence-corrected chi connectivity index (χ2v) is 8.26. The third-order valence-corrected chi connectivity index (χ3v) is 5.68. The van der Waals surface area contributed by atoms with Crippen LogP contribution >= 0.6 is 11.3 Å². The predicted octanol–water partition coefficient (Wildman–Crippen LogP) is 3.55. The van der Waals surface area contributed by atoms with Crippen molar-refractivity contribution in [1.29, 1.82) is 0 Å². The van der Waals surface area contributed by atoms with E-state index in [9.17, 15) is 9.59 Å². The zero-order valence-corrected chi connectivity index (χ0v) is 18.1. The number of nitrogens with zero attached hydrogens (tertiary/aromatic N) is 2. The van der Waals surface area contributed by atoms with Crippen molar-refractivity contribution in [2.24, 2.45) is 0 Å². The smallest absolute Gasteiger partial charge is 0.322 e. The van der Waals surface area contributed by atoms with Gasteiger partial charge in [-0.25, -0.2) is 5.10 Å². The van der Waals surface area contributed by atoms with E-state index in [0.29, 0.717) is 35.9 Å². The monoisotopic (exact) mass is 434 g/mol. The first-order valence-corrected chi connectivity index (χ1v) is 10.7. The van der Waals surface area contributed by atoms with E-state index in [1.165, 1.54) is 0 Å². The molecule has 0 aliphatic rings. The van der Waals surface area contributed by atoms with Crippen molar-refractivity contribution in [2.75, 3.05) is 6.54 Å². The van der Waals surface area contributed by atoms with Gasteiger partial charge in [0.05, 0.1) is 5.52 Å². The lowest BCUT2D eigenvalue weighted by atomic mass is 10.1. The summed E-state index contributed by atoms with van der Waals surface area (Å²) < 4.78 is 6.01. The number of aromatic nitrogens is 3. The van der Waals surface area contributed by atoms with E-state index in [2.05, 4.69) is 20.5 Å². The highest BCUT2D eigenvalue weighted by Crippen LogP contribution is 2.22. The number of nitrogens with one attached hydrogen (secondary N) is 2. The van der Waals surface area contributed by atoms with Crippen molar-refractivity contribution in [1.82, 2.24) is 20.5 Å². The quantitative estimate of drug-likeness (QED) is 0.464. The maximum Gasteiger partial charge on any atom is 0.322 e. The van der Waals surface area contributed by atoms with E-state index >= 15 is 0 Å². The number of hydrogen-bond donors (Lipinski definition) is 2. The first kappa shape index (κ1) is 20.7. The van der Waals surface area contributed by atoms with Crippen molar-refractivity contribution in [2.45, 2.75) is 26.9 Å². The Morgan fingerprint density at radius 2 is 2.00 bits per heavy atom. The number of para-hydroxylation sites is 1. The molecule has 8 heteroatoms. The van der Waals surface area contributed by atoms with Crippen LogP contribution in [0.2, 0.25) is 0 Å². The number of benzene rings is 2. The number of aromatic amines is 1. The first-order chi connectivity index (χ1) is 15.0. The summed E-state index contributed by atoms with van der Waals surface area (Å²) in [6.07, 6.45) is 0.509. The van der Waals surface area contributed by atoms with Gasteiger partial charge in [-0.3, -0.25) is 14.6 Å². The second-order valence-electron chi connectivity index (χ2n) is 7.22. The van der Waals surface area contributed by atoms with Crippen LogP contribution in [-0.4, -0.2) is 27.6 Å². The van der Waals surface area contributed by atoms with Gasteiger partial charge in [0.25, 0.3) is 5.91 Å². The topological polar surface area (TPSA) is 97.0 Å². The van der Waals surface area contributed by atoms with E-state index in [-0.39, 0.29) is 10.8 Å². The van der Waals surface area contributed by atoms with Crippen molar-refractivity contribution in [3.05, 3.63) is 85.6 Å². The van der Waals surface area contributed by atoms with Gasteiger partial charge in [-0.2, -0.15) is 5.10 Å². The van der Waals surface area contributed by atoms with E-state index in [0.717, 1.165) is 39.1 Å². The minimum atomic E-state index is -0.192. The van der Waals surface area contributed by atoms with Crippen molar-refractivity contribution in [3.8, 4) is 5.75 Å². The molecule has 0 bridgehead atoms. The Hall–Kier alpha value is -3.52. The molecule has 2 aromatic heterocycles. The molecule has 4 aromatic rings. The standard InChI is InChI=1S/C23H22N4O3S/c1-14-11-17(30-13-16-12-15(2)25-20-6-4-3-5-19(16)20)7-8-18(14)22(28)24-10-9-21-26-27-23(29)31-21/h3-8,11-12H,9-10,13H2,1-2H3,(H,24,28)(H,27,29). The molecule has 0 saturated carbocycles. The summed E-state index contributed by atoms with van der Waals surface area (Å²) in [5.41, 5.74) is 4.39. The molecule has 2 aromatic carbocycles. The van der Waals surface area contributed by atoms with E-state index in [1.54, 1.807) is 12.1 Å². The molecule has 0 aliphatic heterocycles. The average molecular weight is 435 g/mol. The molecule has 158 valence electrons. The summed E-state index contributed by atoms with van der Waals surface area (Å²) in [6.45, 7) is 4.68. The summed E-state index contributed by atoms with van der Waals surface area (Å²) in [5, 5.41) is 10.9. The molecule has 0 spiro atoms. The van der Waals surface area contributed by atoms with Gasteiger partial charge in [0, 0.05) is 35.2 Å². The van der Waals surface area contributed by atoms with Crippen LogP contribution < -0.4 is 14.9 Å². The molecular formula is C23H22N4O3S. The minimum Gasteiger partial charge on any atom is -0.489 e. The largest absolute Gasteiger partial charge is 0.489 e. The van der Waals surface area contributed by atoms with Crippen molar-refractivity contribution >= 4 is 28.1 Å². The van der Waals surface area contributed by atoms with Crippen LogP contribution in [0.5, 0.6) is 5.75 Å². The number of H-pyrrole nitrogens is 1. The summed E-state index contributed by atoms with van der Waals surface area (Å²) in [6, 6.07) is 15.5. The van der Waals surface area contributed by atoms with E-state index in [4.69, 9.17) is 4.74 Å². The lowest BCUT2D eigenvalue weighted by Gasteiger charge is -2.12. The fraction of sp³-hybridized carbons (Fsp3) is 0.217. The summed E-state index contributed by atoms with van der Waals surface area (Å²) >= 11 is 1.05. The average Bonchev–Trinajstić information content (AvgIpc) is 3.16. The highest BCUT2D eigenvalue weighted by atomic mass is 32.1. The molecule has 0 fully saturated rings. The molecule has 0 unspecified atom stereocenters. The van der Waals surface area contributed by atoms with Crippen LogP contribution in [-0.2, 0) is 13.0 Å². The Kier molecular flexibility index (Phi) is 6.08. The molecule has 31 heavy (non-hydrogen) atoms. The van der Waals surface area contributed by atoms with Crippen LogP contribution in [0, 0.1) is 13.8 Å². The lowest BCUT2D eigenvalue weighted by molar-refractivity contribution is 0.0953. The Morgan fingerprint density at radius 3 is 2.77 bits per heavy atom. The molecule has 0 radical (unpaired) electrons.